The summed E-state index contributed by atoms with van der Waals surface area (Å²) < 4.78 is 0.984. The zero-order chi connectivity index (χ0) is 12.3. The number of aromatic nitrogens is 1. The lowest BCUT2D eigenvalue weighted by Crippen LogP contribution is -2.17. The Morgan fingerprint density at radius 2 is 2.12 bits per heavy atom. The van der Waals surface area contributed by atoms with Gasteiger partial charge in [-0.3, -0.25) is 0 Å². The van der Waals surface area contributed by atoms with Gasteiger partial charge in [0, 0.05) is 29.3 Å². The van der Waals surface area contributed by atoms with Crippen molar-refractivity contribution in [3.63, 3.8) is 0 Å². The molecule has 2 nitrogen and oxygen atoms in total. The molecule has 0 atom stereocenters. The molecule has 0 saturated heterocycles. The number of pyridine rings is 1. The lowest BCUT2D eigenvalue weighted by Gasteiger charge is -2.18. The first-order chi connectivity index (χ1) is 8.15. The molecule has 0 spiro atoms. The third-order valence-electron chi connectivity index (χ3n) is 2.41. The van der Waals surface area contributed by atoms with E-state index < -0.39 is 0 Å². The van der Waals surface area contributed by atoms with E-state index in [0.717, 1.165) is 21.9 Å². The van der Waals surface area contributed by atoms with Gasteiger partial charge in [-0.2, -0.15) is 0 Å². The Kier molecular flexibility index (Phi) is 4.02. The molecule has 0 unspecified atom stereocenters. The number of hydrogen-bond acceptors (Lipinski definition) is 2. The number of anilines is 1. The molecule has 88 valence electrons. The molecule has 0 aliphatic carbocycles. The molecule has 4 heteroatoms. The Hall–Kier alpha value is -1.06. The SMILES string of the molecule is CN(Cc1cccc(Cl)c1)c1ccc(Br)cn1. The summed E-state index contributed by atoms with van der Waals surface area (Å²) in [6.45, 7) is 0.787. The van der Waals surface area contributed by atoms with Crippen molar-refractivity contribution < 1.29 is 0 Å². The average Bonchev–Trinajstić information content (AvgIpc) is 2.29. The number of rotatable bonds is 3. The van der Waals surface area contributed by atoms with Crippen molar-refractivity contribution in [2.75, 3.05) is 11.9 Å². The average molecular weight is 312 g/mol. The van der Waals surface area contributed by atoms with Gasteiger partial charge in [-0.25, -0.2) is 4.98 Å². The standard InChI is InChI=1S/C13H12BrClN2/c1-17(13-6-5-11(14)8-16-13)9-10-3-2-4-12(15)7-10/h2-8H,9H2,1H3. The van der Waals surface area contributed by atoms with Crippen molar-refractivity contribution in [2.24, 2.45) is 0 Å². The van der Waals surface area contributed by atoms with Gasteiger partial charge in [0.1, 0.15) is 5.82 Å². The largest absolute Gasteiger partial charge is 0.355 e. The fourth-order valence-corrected chi connectivity index (χ4v) is 2.03. The van der Waals surface area contributed by atoms with E-state index >= 15 is 0 Å². The zero-order valence-electron chi connectivity index (χ0n) is 9.40. The van der Waals surface area contributed by atoms with Gasteiger partial charge in [0.25, 0.3) is 0 Å². The summed E-state index contributed by atoms with van der Waals surface area (Å²) in [7, 11) is 2.01. The first kappa shape index (κ1) is 12.4. The Morgan fingerprint density at radius 3 is 2.76 bits per heavy atom. The molecule has 1 aromatic heterocycles. The Bertz CT molecular complexity index is 499. The topological polar surface area (TPSA) is 16.1 Å². The van der Waals surface area contributed by atoms with Crippen LogP contribution in [0.3, 0.4) is 0 Å². The van der Waals surface area contributed by atoms with Crippen LogP contribution in [-0.4, -0.2) is 12.0 Å². The summed E-state index contributed by atoms with van der Waals surface area (Å²) in [4.78, 5) is 6.42. The van der Waals surface area contributed by atoms with Crippen LogP contribution < -0.4 is 4.90 Å². The van der Waals surface area contributed by atoms with Gasteiger partial charge in [0.2, 0.25) is 0 Å². The van der Waals surface area contributed by atoms with Gasteiger partial charge < -0.3 is 4.90 Å². The van der Waals surface area contributed by atoms with Gasteiger partial charge in [-0.15, -0.1) is 0 Å². The number of hydrogen-bond donors (Lipinski definition) is 0. The molecule has 0 fully saturated rings. The van der Waals surface area contributed by atoms with Crippen LogP contribution in [0, 0.1) is 0 Å². The maximum absolute atomic E-state index is 5.95. The molecule has 1 heterocycles. The lowest BCUT2D eigenvalue weighted by atomic mass is 10.2. The van der Waals surface area contributed by atoms with Crippen LogP contribution in [0.4, 0.5) is 5.82 Å². The lowest BCUT2D eigenvalue weighted by molar-refractivity contribution is 0.897. The van der Waals surface area contributed by atoms with Gasteiger partial charge in [0.05, 0.1) is 0 Å². The van der Waals surface area contributed by atoms with Crippen LogP contribution in [0.1, 0.15) is 5.56 Å². The second kappa shape index (κ2) is 5.52. The van der Waals surface area contributed by atoms with Crippen LogP contribution in [0.15, 0.2) is 47.1 Å². The van der Waals surface area contributed by atoms with E-state index in [0.29, 0.717) is 0 Å². The second-order valence-electron chi connectivity index (χ2n) is 3.82. The van der Waals surface area contributed by atoms with Crippen molar-refractivity contribution in [3.05, 3.63) is 57.7 Å². The highest BCUT2D eigenvalue weighted by Gasteiger charge is 2.03. The van der Waals surface area contributed by atoms with Gasteiger partial charge in [-0.05, 0) is 45.8 Å². The highest BCUT2D eigenvalue weighted by Crippen LogP contribution is 2.17. The van der Waals surface area contributed by atoms with Gasteiger partial charge >= 0.3 is 0 Å². The highest BCUT2D eigenvalue weighted by atomic mass is 79.9. The van der Waals surface area contributed by atoms with Crippen molar-refractivity contribution in [1.29, 1.82) is 0 Å². The first-order valence-corrected chi connectivity index (χ1v) is 6.39. The predicted octanol–water partition coefficient (Wildman–Crippen LogP) is 4.13. The fraction of sp³-hybridized carbons (Fsp3) is 0.154. The van der Waals surface area contributed by atoms with Crippen LogP contribution in [0.5, 0.6) is 0 Å². The minimum Gasteiger partial charge on any atom is -0.355 e. The highest BCUT2D eigenvalue weighted by molar-refractivity contribution is 9.10. The van der Waals surface area contributed by atoms with Crippen molar-refractivity contribution in [2.45, 2.75) is 6.54 Å². The molecule has 0 bridgehead atoms. The minimum absolute atomic E-state index is 0.764. The first-order valence-electron chi connectivity index (χ1n) is 5.22. The van der Waals surface area contributed by atoms with E-state index in [1.807, 2.05) is 37.4 Å². The normalized spacial score (nSPS) is 10.3. The Morgan fingerprint density at radius 1 is 1.29 bits per heavy atom. The number of nitrogens with zero attached hydrogens (tertiary/aromatic N) is 2. The quantitative estimate of drug-likeness (QED) is 0.847. The summed E-state index contributed by atoms with van der Waals surface area (Å²) in [5, 5.41) is 0.764. The molecule has 17 heavy (non-hydrogen) atoms. The molecular weight excluding hydrogens is 300 g/mol. The summed E-state index contributed by atoms with van der Waals surface area (Å²) in [6, 6.07) is 11.8. The molecule has 0 aliphatic rings. The fourth-order valence-electron chi connectivity index (χ4n) is 1.58. The summed E-state index contributed by atoms with van der Waals surface area (Å²) in [5.41, 5.74) is 1.17. The van der Waals surface area contributed by atoms with Gasteiger partial charge in [0.15, 0.2) is 0 Å². The molecule has 0 aliphatic heterocycles. The van der Waals surface area contributed by atoms with E-state index in [2.05, 4.69) is 31.9 Å². The molecule has 0 radical (unpaired) electrons. The maximum atomic E-state index is 5.95. The van der Waals surface area contributed by atoms with E-state index in [9.17, 15) is 0 Å². The molecule has 2 aromatic rings. The monoisotopic (exact) mass is 310 g/mol. The van der Waals surface area contributed by atoms with Crippen molar-refractivity contribution in [1.82, 2.24) is 4.98 Å². The maximum Gasteiger partial charge on any atom is 0.128 e. The zero-order valence-corrected chi connectivity index (χ0v) is 11.7. The van der Waals surface area contributed by atoms with Crippen molar-refractivity contribution >= 4 is 33.3 Å². The van der Waals surface area contributed by atoms with Crippen LogP contribution in [0.25, 0.3) is 0 Å². The molecule has 0 amide bonds. The molecular formula is C13H12BrClN2. The van der Waals surface area contributed by atoms with Crippen LogP contribution in [0.2, 0.25) is 5.02 Å². The molecule has 2 rings (SSSR count). The number of halogens is 2. The van der Waals surface area contributed by atoms with E-state index in [4.69, 9.17) is 11.6 Å². The predicted molar refractivity (Wildman–Crippen MR) is 75.5 cm³/mol. The second-order valence-corrected chi connectivity index (χ2v) is 5.17. The van der Waals surface area contributed by atoms with Gasteiger partial charge in [-0.1, -0.05) is 23.7 Å². The Labute approximate surface area is 114 Å². The third-order valence-corrected chi connectivity index (χ3v) is 3.12. The van der Waals surface area contributed by atoms with Crippen molar-refractivity contribution in [3.8, 4) is 0 Å². The summed E-state index contributed by atoms with van der Waals surface area (Å²) in [6.07, 6.45) is 1.80. The molecule has 1 aromatic carbocycles. The van der Waals surface area contributed by atoms with E-state index in [-0.39, 0.29) is 0 Å². The third kappa shape index (κ3) is 3.45. The smallest absolute Gasteiger partial charge is 0.128 e. The van der Waals surface area contributed by atoms with E-state index in [1.54, 1.807) is 6.20 Å². The van der Waals surface area contributed by atoms with E-state index in [1.165, 1.54) is 5.56 Å². The summed E-state index contributed by atoms with van der Waals surface area (Å²) >= 11 is 9.33. The summed E-state index contributed by atoms with van der Waals surface area (Å²) in [5.74, 6) is 0.938. The molecule has 0 saturated carbocycles. The Balaban J connectivity index is 2.11. The van der Waals surface area contributed by atoms with Crippen LogP contribution in [-0.2, 0) is 6.54 Å². The minimum atomic E-state index is 0.764. The number of benzene rings is 1. The van der Waals surface area contributed by atoms with Crippen LogP contribution >= 0.6 is 27.5 Å². The molecule has 0 N–H and O–H groups in total.